The van der Waals surface area contributed by atoms with Crippen LogP contribution in [0.1, 0.15) is 25.0 Å². The average Bonchev–Trinajstić information content (AvgIpc) is 2.63. The van der Waals surface area contributed by atoms with E-state index in [2.05, 4.69) is 10.6 Å². The molecule has 2 amide bonds. The van der Waals surface area contributed by atoms with E-state index in [1.54, 1.807) is 19.9 Å². The molecule has 0 aliphatic rings. The van der Waals surface area contributed by atoms with Crippen LogP contribution >= 0.6 is 0 Å². The Morgan fingerprint density at radius 1 is 0.960 bits per heavy atom. The van der Waals surface area contributed by atoms with Gasteiger partial charge in [0.2, 0.25) is 0 Å². The van der Waals surface area contributed by atoms with Gasteiger partial charge in [0, 0.05) is 18.3 Å². The molecule has 2 aromatic rings. The van der Waals surface area contributed by atoms with E-state index in [1.165, 1.54) is 0 Å². The molecule has 2 aromatic carbocycles. The number of amides is 2. The summed E-state index contributed by atoms with van der Waals surface area (Å²) in [7, 11) is 0. The first-order valence-electron chi connectivity index (χ1n) is 8.35. The summed E-state index contributed by atoms with van der Waals surface area (Å²) in [6.07, 6.45) is 0.664. The highest BCUT2D eigenvalue weighted by Gasteiger charge is 2.20. The second-order valence-corrected chi connectivity index (χ2v) is 6.20. The summed E-state index contributed by atoms with van der Waals surface area (Å²) in [4.78, 5) is 24.2. The quantitative estimate of drug-likeness (QED) is 0.706. The lowest BCUT2D eigenvalue weighted by molar-refractivity contribution is -0.136. The van der Waals surface area contributed by atoms with Gasteiger partial charge in [0.15, 0.2) is 0 Å². The van der Waals surface area contributed by atoms with Crippen LogP contribution in [-0.2, 0) is 16.0 Å². The van der Waals surface area contributed by atoms with Gasteiger partial charge in [0.05, 0.1) is 0 Å². The Hall–Kier alpha value is -2.66. The molecule has 0 heterocycles. The number of benzene rings is 2. The lowest BCUT2D eigenvalue weighted by Crippen LogP contribution is -2.44. The Morgan fingerprint density at radius 2 is 1.60 bits per heavy atom. The molecule has 5 heteroatoms. The minimum absolute atomic E-state index is 0.0526. The van der Waals surface area contributed by atoms with Crippen LogP contribution in [0.4, 0.5) is 5.69 Å². The van der Waals surface area contributed by atoms with Crippen LogP contribution < -0.4 is 10.6 Å². The number of anilines is 1. The monoisotopic (exact) mass is 340 g/mol. The molecule has 3 N–H and O–H groups in total. The van der Waals surface area contributed by atoms with E-state index in [-0.39, 0.29) is 18.6 Å². The number of aliphatic hydroxyl groups excluding tert-OH is 1. The van der Waals surface area contributed by atoms with Crippen molar-refractivity contribution in [2.24, 2.45) is 5.92 Å². The standard InChI is InChI=1S/C20H24N2O3/c1-14(13-23)15(2)21-19(24)20(25)22-18-11-7-6-10-17(18)12-16-8-4-3-5-9-16/h3-11,14-15,23H,12-13H2,1-2H3,(H,21,24)(H,22,25). The van der Waals surface area contributed by atoms with Crippen LogP contribution in [0, 0.1) is 5.92 Å². The van der Waals surface area contributed by atoms with Crippen molar-refractivity contribution in [3.05, 3.63) is 65.7 Å². The maximum atomic E-state index is 12.2. The molecule has 2 atom stereocenters. The molecule has 0 bridgehead atoms. The lowest BCUT2D eigenvalue weighted by Gasteiger charge is -2.19. The maximum absolute atomic E-state index is 12.2. The Bertz CT molecular complexity index is 716. The third-order valence-electron chi connectivity index (χ3n) is 4.21. The van der Waals surface area contributed by atoms with Gasteiger partial charge in [-0.15, -0.1) is 0 Å². The summed E-state index contributed by atoms with van der Waals surface area (Å²) >= 11 is 0. The minimum Gasteiger partial charge on any atom is -0.396 e. The fraction of sp³-hybridized carbons (Fsp3) is 0.300. The molecular weight excluding hydrogens is 316 g/mol. The first kappa shape index (κ1) is 18.7. The van der Waals surface area contributed by atoms with Crippen molar-refractivity contribution < 1.29 is 14.7 Å². The molecule has 2 unspecified atom stereocenters. The maximum Gasteiger partial charge on any atom is 0.313 e. The fourth-order valence-corrected chi connectivity index (χ4v) is 2.36. The van der Waals surface area contributed by atoms with Gasteiger partial charge in [-0.3, -0.25) is 9.59 Å². The van der Waals surface area contributed by atoms with E-state index >= 15 is 0 Å². The number of nitrogens with one attached hydrogen (secondary N) is 2. The zero-order valence-electron chi connectivity index (χ0n) is 14.5. The molecule has 0 saturated heterocycles. The van der Waals surface area contributed by atoms with E-state index in [9.17, 15) is 9.59 Å². The highest BCUT2D eigenvalue weighted by atomic mass is 16.3. The molecule has 0 aliphatic carbocycles. The van der Waals surface area contributed by atoms with E-state index in [4.69, 9.17) is 5.11 Å². The predicted molar refractivity (Wildman–Crippen MR) is 98.2 cm³/mol. The summed E-state index contributed by atoms with van der Waals surface area (Å²) in [5.74, 6) is -1.54. The normalized spacial score (nSPS) is 12.9. The molecule has 132 valence electrons. The van der Waals surface area contributed by atoms with Gasteiger partial charge >= 0.3 is 11.8 Å². The first-order valence-corrected chi connectivity index (χ1v) is 8.35. The third-order valence-corrected chi connectivity index (χ3v) is 4.21. The SMILES string of the molecule is CC(CO)C(C)NC(=O)C(=O)Nc1ccccc1Cc1ccccc1. The highest BCUT2D eigenvalue weighted by Crippen LogP contribution is 2.19. The Morgan fingerprint density at radius 3 is 2.28 bits per heavy atom. The molecule has 0 spiro atoms. The van der Waals surface area contributed by atoms with Crippen LogP contribution in [0.3, 0.4) is 0 Å². The van der Waals surface area contributed by atoms with Crippen LogP contribution in [-0.4, -0.2) is 29.6 Å². The molecule has 0 radical (unpaired) electrons. The second-order valence-electron chi connectivity index (χ2n) is 6.20. The number of para-hydroxylation sites is 1. The van der Waals surface area contributed by atoms with Gasteiger partial charge in [-0.25, -0.2) is 0 Å². The Balaban J connectivity index is 2.04. The molecule has 5 nitrogen and oxygen atoms in total. The van der Waals surface area contributed by atoms with E-state index in [0.29, 0.717) is 12.1 Å². The van der Waals surface area contributed by atoms with Gasteiger partial charge in [0.25, 0.3) is 0 Å². The van der Waals surface area contributed by atoms with Crippen LogP contribution in [0.25, 0.3) is 0 Å². The third kappa shape index (κ3) is 5.43. The van der Waals surface area contributed by atoms with Crippen molar-refractivity contribution in [1.29, 1.82) is 0 Å². The van der Waals surface area contributed by atoms with Crippen LogP contribution in [0.2, 0.25) is 0 Å². The van der Waals surface area contributed by atoms with E-state index in [1.807, 2.05) is 48.5 Å². The second kappa shape index (κ2) is 8.99. The Kier molecular flexibility index (Phi) is 6.71. The smallest absolute Gasteiger partial charge is 0.313 e. The number of carbonyl (C=O) groups excluding carboxylic acids is 2. The predicted octanol–water partition coefficient (Wildman–Crippen LogP) is 2.35. The van der Waals surface area contributed by atoms with Crippen LogP contribution in [0.5, 0.6) is 0 Å². The van der Waals surface area contributed by atoms with E-state index < -0.39 is 11.8 Å². The summed E-state index contributed by atoms with van der Waals surface area (Å²) in [5.41, 5.74) is 2.68. The molecule has 2 rings (SSSR count). The van der Waals surface area contributed by atoms with Crippen LogP contribution in [0.15, 0.2) is 54.6 Å². The first-order chi connectivity index (χ1) is 12.0. The van der Waals surface area contributed by atoms with Crippen molar-refractivity contribution in [3.63, 3.8) is 0 Å². The van der Waals surface area contributed by atoms with Gasteiger partial charge in [0.1, 0.15) is 0 Å². The molecule has 0 aromatic heterocycles. The molecule has 0 saturated carbocycles. The largest absolute Gasteiger partial charge is 0.396 e. The summed E-state index contributed by atoms with van der Waals surface area (Å²) < 4.78 is 0. The Labute approximate surface area is 148 Å². The summed E-state index contributed by atoms with van der Waals surface area (Å²) in [5, 5.41) is 14.4. The van der Waals surface area contributed by atoms with E-state index in [0.717, 1.165) is 11.1 Å². The molecular formula is C20H24N2O3. The lowest BCUT2D eigenvalue weighted by atomic mass is 10.0. The highest BCUT2D eigenvalue weighted by molar-refractivity contribution is 6.39. The van der Waals surface area contributed by atoms with Crippen molar-refractivity contribution in [2.45, 2.75) is 26.3 Å². The molecule has 0 aliphatic heterocycles. The summed E-state index contributed by atoms with van der Waals surface area (Å²) in [6.45, 7) is 3.51. The van der Waals surface area contributed by atoms with Gasteiger partial charge in [-0.1, -0.05) is 55.5 Å². The van der Waals surface area contributed by atoms with Gasteiger partial charge in [-0.2, -0.15) is 0 Å². The summed E-state index contributed by atoms with van der Waals surface area (Å²) in [6, 6.07) is 17.1. The van der Waals surface area contributed by atoms with Crippen molar-refractivity contribution in [3.8, 4) is 0 Å². The zero-order valence-corrected chi connectivity index (χ0v) is 14.5. The molecule has 0 fully saturated rings. The zero-order chi connectivity index (χ0) is 18.2. The topological polar surface area (TPSA) is 78.4 Å². The fourth-order valence-electron chi connectivity index (χ4n) is 2.36. The number of carbonyl (C=O) groups is 2. The number of aliphatic hydroxyl groups is 1. The average molecular weight is 340 g/mol. The molecule has 25 heavy (non-hydrogen) atoms. The van der Waals surface area contributed by atoms with Gasteiger partial charge < -0.3 is 15.7 Å². The van der Waals surface area contributed by atoms with Gasteiger partial charge in [-0.05, 0) is 36.5 Å². The number of rotatable bonds is 6. The van der Waals surface area contributed by atoms with Crippen molar-refractivity contribution in [2.75, 3.05) is 11.9 Å². The van der Waals surface area contributed by atoms with Crippen molar-refractivity contribution in [1.82, 2.24) is 5.32 Å². The minimum atomic E-state index is -0.711. The number of hydrogen-bond donors (Lipinski definition) is 3. The number of hydrogen-bond acceptors (Lipinski definition) is 3. The van der Waals surface area contributed by atoms with Crippen molar-refractivity contribution >= 4 is 17.5 Å².